The second-order valence-electron chi connectivity index (χ2n) is 2.13. The molecule has 0 atom stereocenters. The van der Waals surface area contributed by atoms with Crippen molar-refractivity contribution in [1.82, 2.24) is 0 Å². The average Bonchev–Trinajstić information content (AvgIpc) is 2.33. The Morgan fingerprint density at radius 2 is 1.56 bits per heavy atom. The van der Waals surface area contributed by atoms with Crippen molar-refractivity contribution in [2.24, 2.45) is 0 Å². The van der Waals surface area contributed by atoms with Crippen molar-refractivity contribution in [2.45, 2.75) is 26.7 Å². The fourth-order valence-corrected chi connectivity index (χ4v) is 2.00. The first-order chi connectivity index (χ1) is 4.38. The van der Waals surface area contributed by atoms with Crippen molar-refractivity contribution in [1.29, 1.82) is 0 Å². The van der Waals surface area contributed by atoms with E-state index >= 15 is 0 Å². The Bertz CT molecular complexity index is 158. The van der Waals surface area contributed by atoms with Gasteiger partial charge in [-0.15, -0.1) is 0 Å². The van der Waals surface area contributed by atoms with Crippen LogP contribution in [-0.2, 0) is 12.8 Å². The van der Waals surface area contributed by atoms with Crippen molar-refractivity contribution in [2.75, 3.05) is 0 Å². The molecular weight excluding hydrogens is 128 g/mol. The van der Waals surface area contributed by atoms with Crippen molar-refractivity contribution >= 4 is 11.3 Å². The largest absolute Gasteiger partial charge is 0.152 e. The molecule has 0 amide bonds. The smallest absolute Gasteiger partial charge is 0.00585 e. The Kier molecular flexibility index (Phi) is 2.29. The molecule has 0 bridgehead atoms. The highest BCUT2D eigenvalue weighted by Gasteiger charge is 1.96. The molecule has 0 N–H and O–H groups in total. The van der Waals surface area contributed by atoms with Gasteiger partial charge in [0.05, 0.1) is 0 Å². The zero-order valence-electron chi connectivity index (χ0n) is 5.98. The maximum atomic E-state index is 2.25. The summed E-state index contributed by atoms with van der Waals surface area (Å²) in [6, 6.07) is 0. The second kappa shape index (κ2) is 3.02. The highest BCUT2D eigenvalue weighted by molar-refractivity contribution is 7.08. The van der Waals surface area contributed by atoms with Crippen molar-refractivity contribution in [3.05, 3.63) is 21.9 Å². The van der Waals surface area contributed by atoms with E-state index in [0.29, 0.717) is 0 Å². The van der Waals surface area contributed by atoms with Crippen LogP contribution in [0, 0.1) is 0 Å². The highest BCUT2D eigenvalue weighted by Crippen LogP contribution is 2.15. The summed E-state index contributed by atoms with van der Waals surface area (Å²) in [6.07, 6.45) is 2.37. The molecule has 0 unspecified atom stereocenters. The van der Waals surface area contributed by atoms with Crippen LogP contribution in [0.3, 0.4) is 0 Å². The lowest BCUT2D eigenvalue weighted by Gasteiger charge is -1.93. The van der Waals surface area contributed by atoms with Crippen molar-refractivity contribution in [3.63, 3.8) is 0 Å². The van der Waals surface area contributed by atoms with Gasteiger partial charge < -0.3 is 0 Å². The molecule has 0 fully saturated rings. The number of rotatable bonds is 2. The highest BCUT2D eigenvalue weighted by atomic mass is 32.1. The molecule has 1 aromatic rings. The van der Waals surface area contributed by atoms with E-state index < -0.39 is 0 Å². The molecular formula is C8H12S. The predicted molar refractivity (Wildman–Crippen MR) is 43.1 cm³/mol. The molecule has 50 valence electrons. The molecule has 0 spiro atoms. The first-order valence-corrected chi connectivity index (χ1v) is 4.36. The Morgan fingerprint density at radius 1 is 1.11 bits per heavy atom. The molecule has 0 aliphatic carbocycles. The Morgan fingerprint density at radius 3 is 1.89 bits per heavy atom. The summed E-state index contributed by atoms with van der Waals surface area (Å²) in [6.45, 7) is 4.42. The zero-order valence-corrected chi connectivity index (χ0v) is 6.79. The number of thiophene rings is 1. The van der Waals surface area contributed by atoms with E-state index in [-0.39, 0.29) is 0 Å². The van der Waals surface area contributed by atoms with Gasteiger partial charge in [-0.05, 0) is 34.7 Å². The minimum absolute atomic E-state index is 1.19. The Labute approximate surface area is 60.5 Å². The van der Waals surface area contributed by atoms with E-state index in [1.807, 2.05) is 11.3 Å². The average molecular weight is 140 g/mol. The quantitative estimate of drug-likeness (QED) is 0.592. The van der Waals surface area contributed by atoms with Crippen LogP contribution in [0.5, 0.6) is 0 Å². The summed E-state index contributed by atoms with van der Waals surface area (Å²) in [7, 11) is 0. The normalized spacial score (nSPS) is 10.0. The lowest BCUT2D eigenvalue weighted by atomic mass is 10.1. The van der Waals surface area contributed by atoms with E-state index in [1.54, 1.807) is 0 Å². The summed E-state index contributed by atoms with van der Waals surface area (Å²) in [5.41, 5.74) is 3.06. The molecule has 9 heavy (non-hydrogen) atoms. The molecule has 1 heteroatoms. The van der Waals surface area contributed by atoms with E-state index in [0.717, 1.165) is 0 Å². The fourth-order valence-electron chi connectivity index (χ4n) is 0.970. The summed E-state index contributed by atoms with van der Waals surface area (Å²) in [5, 5.41) is 4.50. The lowest BCUT2D eigenvalue weighted by Crippen LogP contribution is -1.81. The van der Waals surface area contributed by atoms with Crippen LogP contribution in [0.25, 0.3) is 0 Å². The predicted octanol–water partition coefficient (Wildman–Crippen LogP) is 2.87. The molecule has 1 aromatic heterocycles. The second-order valence-corrected chi connectivity index (χ2v) is 2.87. The summed E-state index contributed by atoms with van der Waals surface area (Å²) < 4.78 is 0. The molecule has 0 radical (unpaired) electrons. The van der Waals surface area contributed by atoms with Gasteiger partial charge in [0.1, 0.15) is 0 Å². The molecule has 0 saturated carbocycles. The molecule has 1 heterocycles. The van der Waals surface area contributed by atoms with Crippen molar-refractivity contribution < 1.29 is 0 Å². The summed E-state index contributed by atoms with van der Waals surface area (Å²) >= 11 is 1.82. The Hall–Kier alpha value is -0.300. The summed E-state index contributed by atoms with van der Waals surface area (Å²) in [4.78, 5) is 0. The van der Waals surface area contributed by atoms with Gasteiger partial charge in [-0.2, -0.15) is 11.3 Å². The van der Waals surface area contributed by atoms with Crippen LogP contribution >= 0.6 is 11.3 Å². The fraction of sp³-hybridized carbons (Fsp3) is 0.500. The third kappa shape index (κ3) is 1.33. The zero-order chi connectivity index (χ0) is 6.69. The van der Waals surface area contributed by atoms with Gasteiger partial charge in [-0.3, -0.25) is 0 Å². The number of hydrogen-bond donors (Lipinski definition) is 0. The van der Waals surface area contributed by atoms with Crippen LogP contribution < -0.4 is 0 Å². The Balaban J connectivity index is 2.85. The number of aryl methyl sites for hydroxylation is 2. The van der Waals surface area contributed by atoms with Crippen molar-refractivity contribution in [3.8, 4) is 0 Å². The number of hydrogen-bond acceptors (Lipinski definition) is 1. The first kappa shape index (κ1) is 6.81. The minimum atomic E-state index is 1.19. The van der Waals surface area contributed by atoms with Gasteiger partial charge >= 0.3 is 0 Å². The van der Waals surface area contributed by atoms with Gasteiger partial charge in [0.2, 0.25) is 0 Å². The third-order valence-electron chi connectivity index (χ3n) is 1.59. The van der Waals surface area contributed by atoms with Gasteiger partial charge in [0, 0.05) is 0 Å². The molecule has 0 aromatic carbocycles. The molecule has 0 aliphatic rings. The van der Waals surface area contributed by atoms with E-state index in [2.05, 4.69) is 24.6 Å². The third-order valence-corrected chi connectivity index (χ3v) is 2.44. The standard InChI is InChI=1S/C8H12S/c1-3-7-5-9-6-8(7)4-2/h5-6H,3-4H2,1-2H3. The molecule has 0 aliphatic heterocycles. The first-order valence-electron chi connectivity index (χ1n) is 3.42. The maximum absolute atomic E-state index is 2.25. The lowest BCUT2D eigenvalue weighted by molar-refractivity contribution is 1.06. The van der Waals surface area contributed by atoms with E-state index in [9.17, 15) is 0 Å². The monoisotopic (exact) mass is 140 g/mol. The van der Waals surface area contributed by atoms with Gasteiger partial charge in [0.25, 0.3) is 0 Å². The molecule has 0 saturated heterocycles. The molecule has 1 rings (SSSR count). The van der Waals surface area contributed by atoms with Crippen LogP contribution in [0.2, 0.25) is 0 Å². The van der Waals surface area contributed by atoms with Crippen LogP contribution in [-0.4, -0.2) is 0 Å². The van der Waals surface area contributed by atoms with E-state index in [1.165, 1.54) is 24.0 Å². The van der Waals surface area contributed by atoms with Gasteiger partial charge in [0.15, 0.2) is 0 Å². The van der Waals surface area contributed by atoms with E-state index in [4.69, 9.17) is 0 Å². The summed E-state index contributed by atoms with van der Waals surface area (Å²) in [5.74, 6) is 0. The van der Waals surface area contributed by atoms with Gasteiger partial charge in [-0.1, -0.05) is 13.8 Å². The van der Waals surface area contributed by atoms with Crippen LogP contribution in [0.15, 0.2) is 10.8 Å². The topological polar surface area (TPSA) is 0 Å². The molecule has 0 nitrogen and oxygen atoms in total. The SMILES string of the molecule is CCc1cscc1CC. The maximum Gasteiger partial charge on any atom is -0.00585 e. The minimum Gasteiger partial charge on any atom is -0.152 e. The van der Waals surface area contributed by atoms with Crippen LogP contribution in [0.1, 0.15) is 25.0 Å². The van der Waals surface area contributed by atoms with Gasteiger partial charge in [-0.25, -0.2) is 0 Å². The van der Waals surface area contributed by atoms with Crippen LogP contribution in [0.4, 0.5) is 0 Å².